The minimum atomic E-state index is -0.428. The van der Waals surface area contributed by atoms with Crippen molar-refractivity contribution in [3.8, 4) is 0 Å². The Kier molecular flexibility index (Phi) is 13.6. The van der Waals surface area contributed by atoms with Crippen molar-refractivity contribution >= 4 is 11.8 Å². The van der Waals surface area contributed by atoms with Gasteiger partial charge in [0.2, 0.25) is 11.8 Å². The molecule has 0 bridgehead atoms. The molecule has 0 saturated carbocycles. The van der Waals surface area contributed by atoms with Gasteiger partial charge in [0.15, 0.2) is 6.29 Å². The molecule has 0 aromatic heterocycles. The molecule has 170 valence electrons. The zero-order valence-corrected chi connectivity index (χ0v) is 18.5. The van der Waals surface area contributed by atoms with Crippen molar-refractivity contribution in [2.24, 2.45) is 5.92 Å². The summed E-state index contributed by atoms with van der Waals surface area (Å²) in [5, 5.41) is 8.21. The van der Waals surface area contributed by atoms with Crippen LogP contribution in [0.4, 0.5) is 0 Å². The summed E-state index contributed by atoms with van der Waals surface area (Å²) in [5.41, 5.74) is 6.25. The lowest BCUT2D eigenvalue weighted by atomic mass is 10.1. The van der Waals surface area contributed by atoms with Gasteiger partial charge in [-0.15, -0.1) is 0 Å². The van der Waals surface area contributed by atoms with E-state index in [4.69, 9.17) is 14.8 Å². The molecule has 2 aromatic carbocycles. The van der Waals surface area contributed by atoms with Crippen LogP contribution in [0.3, 0.4) is 0 Å². The standard InChI is InChI=1S/C15H23NO3.C9H11NO2/c1-12(2)11-18-13(3)19-16-15(17)10-9-14-7-5-4-6-8-14;11-9(10-12)7-6-8-4-2-1-3-5-8/h4-8,12-13H,9-11H2,1-3H3,(H,16,17);1-5,12H,6-7H2,(H,10,11). The fraction of sp³-hybridized carbons (Fsp3) is 0.417. The summed E-state index contributed by atoms with van der Waals surface area (Å²) in [6.07, 6.45) is 1.66. The van der Waals surface area contributed by atoms with Crippen LogP contribution in [0.5, 0.6) is 0 Å². The van der Waals surface area contributed by atoms with Crippen LogP contribution in [0.2, 0.25) is 0 Å². The molecule has 0 fully saturated rings. The van der Waals surface area contributed by atoms with Crippen LogP contribution in [0.15, 0.2) is 60.7 Å². The Hall–Kier alpha value is -2.74. The summed E-state index contributed by atoms with van der Waals surface area (Å²) >= 11 is 0. The van der Waals surface area contributed by atoms with E-state index in [2.05, 4.69) is 19.3 Å². The van der Waals surface area contributed by atoms with E-state index >= 15 is 0 Å². The lowest BCUT2D eigenvalue weighted by Crippen LogP contribution is -2.30. The molecule has 1 unspecified atom stereocenters. The van der Waals surface area contributed by atoms with Crippen LogP contribution in [0.1, 0.15) is 44.7 Å². The van der Waals surface area contributed by atoms with Crippen molar-refractivity contribution in [1.82, 2.24) is 11.0 Å². The van der Waals surface area contributed by atoms with Gasteiger partial charge in [0.1, 0.15) is 0 Å². The molecule has 2 aromatic rings. The van der Waals surface area contributed by atoms with E-state index in [1.165, 1.54) is 0 Å². The Morgan fingerprint density at radius 2 is 1.32 bits per heavy atom. The first-order chi connectivity index (χ1) is 14.9. The largest absolute Gasteiger partial charge is 0.350 e. The number of carbonyl (C=O) groups excluding carboxylic acids is 2. The molecule has 0 aliphatic carbocycles. The Morgan fingerprint density at radius 1 is 0.839 bits per heavy atom. The normalized spacial score (nSPS) is 11.3. The van der Waals surface area contributed by atoms with Crippen molar-refractivity contribution in [3.05, 3.63) is 71.8 Å². The average molecular weight is 431 g/mol. The van der Waals surface area contributed by atoms with Gasteiger partial charge in [0.25, 0.3) is 0 Å². The first kappa shape index (κ1) is 26.3. The first-order valence-corrected chi connectivity index (χ1v) is 10.5. The Bertz CT molecular complexity index is 738. The molecule has 2 rings (SSSR count). The number of amides is 2. The number of rotatable bonds is 11. The summed E-state index contributed by atoms with van der Waals surface area (Å²) < 4.78 is 5.38. The number of carbonyl (C=O) groups is 2. The number of aryl methyl sites for hydroxylation is 2. The predicted molar refractivity (Wildman–Crippen MR) is 119 cm³/mol. The highest BCUT2D eigenvalue weighted by atomic mass is 16.8. The lowest BCUT2D eigenvalue weighted by molar-refractivity contribution is -0.183. The molecule has 0 aliphatic heterocycles. The van der Waals surface area contributed by atoms with E-state index in [9.17, 15) is 9.59 Å². The van der Waals surface area contributed by atoms with Gasteiger partial charge in [-0.2, -0.15) is 0 Å². The summed E-state index contributed by atoms with van der Waals surface area (Å²) in [4.78, 5) is 27.3. The Balaban J connectivity index is 0.000000343. The summed E-state index contributed by atoms with van der Waals surface area (Å²) in [6.45, 7) is 6.50. The first-order valence-electron chi connectivity index (χ1n) is 10.5. The molecule has 0 saturated heterocycles. The van der Waals surface area contributed by atoms with Gasteiger partial charge in [-0.25, -0.2) is 15.8 Å². The molecule has 0 heterocycles. The number of hydroxylamine groups is 2. The van der Waals surface area contributed by atoms with Crippen molar-refractivity contribution in [1.29, 1.82) is 0 Å². The van der Waals surface area contributed by atoms with Crippen LogP contribution >= 0.6 is 0 Å². The fourth-order valence-corrected chi connectivity index (χ4v) is 2.42. The molecule has 0 spiro atoms. The van der Waals surface area contributed by atoms with Gasteiger partial charge in [0.05, 0.1) is 6.61 Å². The number of nitrogens with one attached hydrogen (secondary N) is 2. The third kappa shape index (κ3) is 14.0. The summed E-state index contributed by atoms with van der Waals surface area (Å²) in [6, 6.07) is 19.6. The molecule has 0 aliphatic rings. The molecule has 7 heteroatoms. The lowest BCUT2D eigenvalue weighted by Gasteiger charge is -2.15. The minimum absolute atomic E-state index is 0.135. The number of ether oxygens (including phenoxy) is 1. The molecule has 31 heavy (non-hydrogen) atoms. The monoisotopic (exact) mass is 430 g/mol. The second kappa shape index (κ2) is 16.0. The van der Waals surface area contributed by atoms with Gasteiger partial charge in [0, 0.05) is 12.8 Å². The highest BCUT2D eigenvalue weighted by Gasteiger charge is 2.07. The minimum Gasteiger partial charge on any atom is -0.350 e. The van der Waals surface area contributed by atoms with Crippen LogP contribution in [0, 0.1) is 5.92 Å². The van der Waals surface area contributed by atoms with Crippen LogP contribution in [-0.4, -0.2) is 29.9 Å². The Morgan fingerprint density at radius 3 is 1.77 bits per heavy atom. The predicted octanol–water partition coefficient (Wildman–Crippen LogP) is 3.81. The van der Waals surface area contributed by atoms with Crippen LogP contribution < -0.4 is 11.0 Å². The molecule has 0 radical (unpaired) electrons. The molecular formula is C24H34N2O5. The number of hydrogen-bond donors (Lipinski definition) is 3. The average Bonchev–Trinajstić information content (AvgIpc) is 2.80. The van der Waals surface area contributed by atoms with Gasteiger partial charge >= 0.3 is 0 Å². The third-order valence-corrected chi connectivity index (χ3v) is 4.09. The van der Waals surface area contributed by atoms with E-state index in [1.54, 1.807) is 12.4 Å². The number of hydrogen-bond acceptors (Lipinski definition) is 5. The number of benzene rings is 2. The summed E-state index contributed by atoms with van der Waals surface area (Å²) in [7, 11) is 0. The van der Waals surface area contributed by atoms with Gasteiger partial charge in [-0.3, -0.25) is 14.8 Å². The maximum atomic E-state index is 11.6. The van der Waals surface area contributed by atoms with Crippen LogP contribution in [0.25, 0.3) is 0 Å². The summed E-state index contributed by atoms with van der Waals surface area (Å²) in [5.74, 6) is -0.0393. The van der Waals surface area contributed by atoms with Crippen molar-refractivity contribution in [2.45, 2.75) is 52.7 Å². The van der Waals surface area contributed by atoms with E-state index in [-0.39, 0.29) is 11.8 Å². The van der Waals surface area contributed by atoms with Crippen molar-refractivity contribution in [3.63, 3.8) is 0 Å². The van der Waals surface area contributed by atoms with Gasteiger partial charge in [-0.1, -0.05) is 74.5 Å². The smallest absolute Gasteiger partial charge is 0.243 e. The topological polar surface area (TPSA) is 96.9 Å². The molecule has 1 atom stereocenters. The maximum Gasteiger partial charge on any atom is 0.243 e. The van der Waals surface area contributed by atoms with E-state index < -0.39 is 6.29 Å². The Labute approximate surface area is 184 Å². The second-order valence-corrected chi connectivity index (χ2v) is 7.44. The highest BCUT2D eigenvalue weighted by molar-refractivity contribution is 5.75. The highest BCUT2D eigenvalue weighted by Crippen LogP contribution is 2.03. The fourth-order valence-electron chi connectivity index (χ4n) is 2.42. The molecule has 3 N–H and O–H groups in total. The van der Waals surface area contributed by atoms with E-state index in [0.29, 0.717) is 38.2 Å². The van der Waals surface area contributed by atoms with Crippen molar-refractivity contribution < 1.29 is 24.4 Å². The van der Waals surface area contributed by atoms with Gasteiger partial charge in [-0.05, 0) is 36.8 Å². The third-order valence-electron chi connectivity index (χ3n) is 4.09. The maximum absolute atomic E-state index is 11.6. The quantitative estimate of drug-likeness (QED) is 0.286. The van der Waals surface area contributed by atoms with E-state index in [1.807, 2.05) is 60.7 Å². The van der Waals surface area contributed by atoms with E-state index in [0.717, 1.165) is 11.1 Å². The van der Waals surface area contributed by atoms with Crippen molar-refractivity contribution in [2.75, 3.05) is 6.61 Å². The molecule has 2 amide bonds. The van der Waals surface area contributed by atoms with Crippen LogP contribution in [-0.2, 0) is 32.0 Å². The van der Waals surface area contributed by atoms with Gasteiger partial charge < -0.3 is 4.74 Å². The SMILES string of the molecule is CC(C)COC(C)ONC(=O)CCc1ccccc1.O=C(CCc1ccccc1)NO. The zero-order valence-electron chi connectivity index (χ0n) is 18.5. The zero-order chi connectivity index (χ0) is 22.9. The molecular weight excluding hydrogens is 396 g/mol. The second-order valence-electron chi connectivity index (χ2n) is 7.44. The molecule has 7 nitrogen and oxygen atoms in total.